The third-order valence-corrected chi connectivity index (χ3v) is 9.10. The van der Waals surface area contributed by atoms with Gasteiger partial charge in [-0.05, 0) is 55.8 Å². The van der Waals surface area contributed by atoms with Crippen LogP contribution < -0.4 is 5.32 Å². The minimum atomic E-state index is -4.86. The molecule has 0 unspecified atom stereocenters. The molecule has 6 rings (SSSR count). The number of amides is 4. The minimum Gasteiger partial charge on any atom is -0.320 e. The number of rotatable bonds is 7. The van der Waals surface area contributed by atoms with E-state index in [1.54, 1.807) is 32.2 Å². The first-order valence-corrected chi connectivity index (χ1v) is 14.6. The molecule has 2 saturated heterocycles. The quantitative estimate of drug-likeness (QED) is 0.305. The molecule has 244 valence electrons. The van der Waals surface area contributed by atoms with E-state index in [2.05, 4.69) is 16.5 Å². The largest absolute Gasteiger partial charge is 0.414 e. The van der Waals surface area contributed by atoms with E-state index in [1.807, 2.05) is 0 Å². The monoisotopic (exact) mass is 651 g/mol. The van der Waals surface area contributed by atoms with Crippen LogP contribution in [0.1, 0.15) is 41.8 Å². The Morgan fingerprint density at radius 2 is 1.77 bits per heavy atom. The van der Waals surface area contributed by atoms with Crippen LogP contribution in [0.25, 0.3) is 11.1 Å². The Bertz CT molecular complexity index is 1860. The van der Waals surface area contributed by atoms with Gasteiger partial charge in [0.05, 0.1) is 12.3 Å². The maximum Gasteiger partial charge on any atom is 0.414 e. The number of nitrogens with zero attached hydrogens (tertiary/aromatic N) is 6. The van der Waals surface area contributed by atoms with Gasteiger partial charge >= 0.3 is 12.2 Å². The summed E-state index contributed by atoms with van der Waals surface area (Å²) in [6.07, 6.45) is -2.14. The molecule has 15 heteroatoms. The number of alkyl halides is 3. The zero-order valence-corrected chi connectivity index (χ0v) is 25.6. The highest BCUT2D eigenvalue weighted by Gasteiger charge is 2.66. The van der Waals surface area contributed by atoms with Gasteiger partial charge in [0.25, 0.3) is 5.91 Å². The summed E-state index contributed by atoms with van der Waals surface area (Å²) in [5.74, 6) is -3.15. The summed E-state index contributed by atoms with van der Waals surface area (Å²) < 4.78 is 58.7. The van der Waals surface area contributed by atoms with E-state index in [0.717, 1.165) is 12.1 Å². The summed E-state index contributed by atoms with van der Waals surface area (Å²) in [5.41, 5.74) is -3.64. The van der Waals surface area contributed by atoms with Crippen LogP contribution >= 0.6 is 0 Å². The van der Waals surface area contributed by atoms with E-state index < -0.39 is 84.8 Å². The van der Waals surface area contributed by atoms with Crippen LogP contribution in [0, 0.1) is 17.1 Å². The maximum absolute atomic E-state index is 14.6. The second-order valence-corrected chi connectivity index (χ2v) is 12.7. The van der Waals surface area contributed by atoms with E-state index >= 15 is 0 Å². The number of benzene rings is 2. The van der Waals surface area contributed by atoms with E-state index in [0.29, 0.717) is 20.9 Å². The fraction of sp³-hybridized carbons (Fsp3) is 0.375. The lowest BCUT2D eigenvalue weighted by atomic mass is 9.86. The van der Waals surface area contributed by atoms with Crippen LogP contribution in [0.15, 0.2) is 54.9 Å². The van der Waals surface area contributed by atoms with E-state index in [4.69, 9.17) is 0 Å². The van der Waals surface area contributed by atoms with Crippen molar-refractivity contribution < 1.29 is 36.7 Å². The molecule has 2 fully saturated rings. The maximum atomic E-state index is 14.6. The van der Waals surface area contributed by atoms with Crippen LogP contribution in [0.4, 0.5) is 22.4 Å². The van der Waals surface area contributed by atoms with Crippen molar-refractivity contribution in [3.8, 4) is 17.2 Å². The van der Waals surface area contributed by atoms with Crippen molar-refractivity contribution in [3.05, 3.63) is 77.4 Å². The van der Waals surface area contributed by atoms with Crippen LogP contribution in [0.2, 0.25) is 0 Å². The second kappa shape index (κ2) is 10.7. The number of likely N-dealkylation sites (N-methyl/N-ethyl adjacent to an activating group) is 1. The number of hydrogen-bond donors (Lipinski definition) is 1. The fourth-order valence-electron chi connectivity index (χ4n) is 6.48. The Hall–Kier alpha value is -5.10. The molecule has 3 heterocycles. The molecule has 0 saturated carbocycles. The number of Topliss-reactive ketones (excluding diaryl/α,β-unsaturated/α-hetero) is 1. The Morgan fingerprint density at radius 3 is 2.38 bits per heavy atom. The molecule has 0 bridgehead atoms. The molecule has 11 nitrogen and oxygen atoms in total. The smallest absolute Gasteiger partial charge is 0.320 e. The number of fused-ring (bicyclic) bond motifs is 2. The van der Waals surface area contributed by atoms with E-state index in [9.17, 15) is 42.0 Å². The lowest BCUT2D eigenvalue weighted by Crippen LogP contribution is -2.77. The predicted octanol–water partition coefficient (Wildman–Crippen LogP) is 3.56. The topological polar surface area (TPSA) is 132 Å². The zero-order valence-electron chi connectivity index (χ0n) is 25.6. The Morgan fingerprint density at radius 1 is 1.09 bits per heavy atom. The summed E-state index contributed by atoms with van der Waals surface area (Å²) in [6.45, 7) is 0.730. The third-order valence-electron chi connectivity index (χ3n) is 9.10. The highest BCUT2D eigenvalue weighted by molar-refractivity contribution is 6.17. The zero-order chi connectivity index (χ0) is 34.1. The van der Waals surface area contributed by atoms with Crippen molar-refractivity contribution in [3.63, 3.8) is 0 Å². The summed E-state index contributed by atoms with van der Waals surface area (Å²) in [5, 5.41) is 16.2. The molecule has 3 aliphatic rings. The van der Waals surface area contributed by atoms with Gasteiger partial charge in [-0.1, -0.05) is 24.3 Å². The normalized spacial score (nSPS) is 20.6. The number of ketones is 1. The van der Waals surface area contributed by atoms with Crippen molar-refractivity contribution in [2.24, 2.45) is 0 Å². The van der Waals surface area contributed by atoms with Crippen molar-refractivity contribution in [1.82, 2.24) is 29.8 Å². The summed E-state index contributed by atoms with van der Waals surface area (Å²) in [7, 11) is 1.46. The van der Waals surface area contributed by atoms with Gasteiger partial charge < -0.3 is 15.1 Å². The van der Waals surface area contributed by atoms with Gasteiger partial charge in [0.1, 0.15) is 17.9 Å². The molecular formula is C32H29F4N7O4. The molecule has 1 aromatic heterocycles. The predicted molar refractivity (Wildman–Crippen MR) is 157 cm³/mol. The van der Waals surface area contributed by atoms with Gasteiger partial charge in [0.15, 0.2) is 16.9 Å². The second-order valence-electron chi connectivity index (χ2n) is 12.7. The van der Waals surface area contributed by atoms with E-state index in [-0.39, 0.29) is 16.7 Å². The molecule has 4 amide bonds. The number of likely N-dealkylation sites (tertiary alicyclic amines) is 1. The van der Waals surface area contributed by atoms with Crippen molar-refractivity contribution in [1.29, 1.82) is 5.26 Å². The molecule has 2 aliphatic heterocycles. The van der Waals surface area contributed by atoms with Crippen molar-refractivity contribution in [2.75, 3.05) is 26.7 Å². The standard InChI is InChI=1S/C32H29F4N7O4/c1-29(2,16-37)43-14-21(12-38-43)20-6-9-24-23(10-20)25(44)11-31(24)27(46)41(28(47)39-31)15-26(45)42(13-19-4-7-22(33)8-5-19)30(32(34,35)36)17-40(3)18-30/h4-10,12,14H,11,13,15,17-18H2,1-3H3,(H,39,47)/t31-/m0/s1. The molecule has 0 radical (unpaired) electrons. The Labute approximate surface area is 266 Å². The van der Waals surface area contributed by atoms with Crippen LogP contribution in [-0.4, -0.2) is 86.5 Å². The van der Waals surface area contributed by atoms with Gasteiger partial charge in [-0.3, -0.25) is 24.0 Å². The number of urea groups is 1. The molecular weight excluding hydrogens is 622 g/mol. The fourth-order valence-corrected chi connectivity index (χ4v) is 6.48. The number of carbonyl (C=O) groups is 4. The third kappa shape index (κ3) is 5.03. The molecule has 3 aromatic rings. The van der Waals surface area contributed by atoms with Crippen LogP contribution in [-0.2, 0) is 27.2 Å². The van der Waals surface area contributed by atoms with Gasteiger partial charge in [-0.15, -0.1) is 0 Å². The van der Waals surface area contributed by atoms with Crippen molar-refractivity contribution >= 4 is 23.6 Å². The Balaban J connectivity index is 1.29. The number of nitrogens with one attached hydrogen (secondary N) is 1. The molecule has 1 N–H and O–H groups in total. The minimum absolute atomic E-state index is 0.156. The first-order valence-electron chi connectivity index (χ1n) is 14.6. The number of imide groups is 1. The number of aromatic nitrogens is 2. The first-order chi connectivity index (χ1) is 22.0. The number of nitriles is 1. The van der Waals surface area contributed by atoms with Gasteiger partial charge in [0, 0.05) is 43.4 Å². The van der Waals surface area contributed by atoms with Crippen LogP contribution in [0.5, 0.6) is 0 Å². The molecule has 2 aromatic carbocycles. The Kier molecular flexibility index (Phi) is 7.27. The van der Waals surface area contributed by atoms with Crippen molar-refractivity contribution in [2.45, 2.75) is 49.6 Å². The first kappa shape index (κ1) is 31.9. The molecule has 1 atom stereocenters. The highest BCUT2D eigenvalue weighted by Crippen LogP contribution is 2.45. The number of carbonyl (C=O) groups excluding carboxylic acids is 4. The SMILES string of the molecule is CN1CC(N(Cc2ccc(F)cc2)C(=O)CN2C(=O)N[C@]3(CC(=O)c4cc(-c5cnn(C(C)(C)C#N)c5)ccc43)C2=O)(C(F)(F)F)C1. The summed E-state index contributed by atoms with van der Waals surface area (Å²) in [6, 6.07) is 10.4. The van der Waals surface area contributed by atoms with Gasteiger partial charge in [-0.25, -0.2) is 9.18 Å². The molecule has 1 aliphatic carbocycles. The number of halogens is 4. The van der Waals surface area contributed by atoms with Gasteiger partial charge in [0.2, 0.25) is 5.91 Å². The molecule has 47 heavy (non-hydrogen) atoms. The van der Waals surface area contributed by atoms with Gasteiger partial charge in [-0.2, -0.15) is 23.5 Å². The molecule has 1 spiro atoms. The lowest BCUT2D eigenvalue weighted by molar-refractivity contribution is -0.268. The van der Waals surface area contributed by atoms with Crippen LogP contribution in [0.3, 0.4) is 0 Å². The number of hydrogen-bond acceptors (Lipinski definition) is 7. The van der Waals surface area contributed by atoms with E-state index in [1.165, 1.54) is 41.0 Å². The average Bonchev–Trinajstić information content (AvgIpc) is 3.67. The highest BCUT2D eigenvalue weighted by atomic mass is 19.4. The average molecular weight is 652 g/mol. The summed E-state index contributed by atoms with van der Waals surface area (Å²) >= 11 is 0. The lowest BCUT2D eigenvalue weighted by Gasteiger charge is -2.55. The summed E-state index contributed by atoms with van der Waals surface area (Å²) in [4.78, 5) is 56.6.